The van der Waals surface area contributed by atoms with Crippen LogP contribution < -0.4 is 5.32 Å². The summed E-state index contributed by atoms with van der Waals surface area (Å²) in [5, 5.41) is 3.07. The van der Waals surface area contributed by atoms with Crippen molar-refractivity contribution in [3.05, 3.63) is 0 Å². The lowest BCUT2D eigenvalue weighted by Crippen LogP contribution is -2.44. The number of carbonyl (C=O) groups excluding carboxylic acids is 1. The number of rotatable bonds is 8. The minimum atomic E-state index is -0.178. The zero-order valence-corrected chi connectivity index (χ0v) is 12.3. The van der Waals surface area contributed by atoms with E-state index >= 15 is 0 Å². The van der Waals surface area contributed by atoms with Gasteiger partial charge in [0, 0.05) is 18.6 Å². The molecule has 0 aromatic carbocycles. The molecule has 0 atom stereocenters. The van der Waals surface area contributed by atoms with Crippen molar-refractivity contribution in [1.29, 1.82) is 0 Å². The van der Waals surface area contributed by atoms with Crippen molar-refractivity contribution < 1.29 is 9.53 Å². The van der Waals surface area contributed by atoms with Gasteiger partial charge in [-0.1, -0.05) is 13.8 Å². The summed E-state index contributed by atoms with van der Waals surface area (Å²) in [7, 11) is 0. The molecule has 0 aliphatic heterocycles. The standard InChI is InChI=1S/C14H29NO2/c1-11(2)7-8-13(16)15-14(5,6)9-10-17-12(3)4/h11-12H,7-10H2,1-6H3,(H,15,16). The van der Waals surface area contributed by atoms with Gasteiger partial charge in [0.15, 0.2) is 0 Å². The van der Waals surface area contributed by atoms with Crippen molar-refractivity contribution in [3.8, 4) is 0 Å². The molecule has 1 N–H and O–H groups in total. The first-order valence-corrected chi connectivity index (χ1v) is 6.65. The average Bonchev–Trinajstić information content (AvgIpc) is 2.12. The van der Waals surface area contributed by atoms with Gasteiger partial charge in [0.25, 0.3) is 0 Å². The first-order valence-electron chi connectivity index (χ1n) is 6.65. The van der Waals surface area contributed by atoms with Gasteiger partial charge in [-0.05, 0) is 46.5 Å². The van der Waals surface area contributed by atoms with Crippen molar-refractivity contribution in [1.82, 2.24) is 5.32 Å². The van der Waals surface area contributed by atoms with Crippen molar-refractivity contribution in [3.63, 3.8) is 0 Å². The molecule has 0 aromatic rings. The molecular formula is C14H29NO2. The summed E-state index contributed by atoms with van der Waals surface area (Å²) in [6, 6.07) is 0. The van der Waals surface area contributed by atoms with Crippen molar-refractivity contribution in [2.45, 2.75) is 72.4 Å². The second-order valence-corrected chi connectivity index (χ2v) is 6.03. The number of hydrogen-bond donors (Lipinski definition) is 1. The molecule has 3 heteroatoms. The smallest absolute Gasteiger partial charge is 0.220 e. The fourth-order valence-corrected chi connectivity index (χ4v) is 1.47. The lowest BCUT2D eigenvalue weighted by atomic mass is 10.00. The summed E-state index contributed by atoms with van der Waals surface area (Å²) in [6.07, 6.45) is 2.66. The van der Waals surface area contributed by atoms with Crippen LogP contribution in [0.2, 0.25) is 0 Å². The molecule has 0 saturated carbocycles. The van der Waals surface area contributed by atoms with Gasteiger partial charge < -0.3 is 10.1 Å². The third kappa shape index (κ3) is 10.3. The molecule has 0 heterocycles. The lowest BCUT2D eigenvalue weighted by Gasteiger charge is -2.27. The topological polar surface area (TPSA) is 38.3 Å². The largest absolute Gasteiger partial charge is 0.379 e. The summed E-state index contributed by atoms with van der Waals surface area (Å²) < 4.78 is 5.51. The Bertz CT molecular complexity index is 222. The molecule has 0 spiro atoms. The summed E-state index contributed by atoms with van der Waals surface area (Å²) in [5.41, 5.74) is -0.178. The van der Waals surface area contributed by atoms with Gasteiger partial charge in [-0.25, -0.2) is 0 Å². The van der Waals surface area contributed by atoms with E-state index in [1.54, 1.807) is 0 Å². The fourth-order valence-electron chi connectivity index (χ4n) is 1.47. The first kappa shape index (κ1) is 16.4. The molecule has 102 valence electrons. The van der Waals surface area contributed by atoms with E-state index in [1.165, 1.54) is 0 Å². The number of amides is 1. The van der Waals surface area contributed by atoms with Gasteiger partial charge in [-0.3, -0.25) is 4.79 Å². The summed E-state index contributed by atoms with van der Waals surface area (Å²) in [6.45, 7) is 13.1. The van der Waals surface area contributed by atoms with Crippen LogP contribution in [0.5, 0.6) is 0 Å². The van der Waals surface area contributed by atoms with Crippen molar-refractivity contribution in [2.75, 3.05) is 6.61 Å². The Morgan fingerprint density at radius 1 is 1.24 bits per heavy atom. The quantitative estimate of drug-likeness (QED) is 0.711. The highest BCUT2D eigenvalue weighted by atomic mass is 16.5. The monoisotopic (exact) mass is 243 g/mol. The van der Waals surface area contributed by atoms with Crippen LogP contribution in [0.15, 0.2) is 0 Å². The average molecular weight is 243 g/mol. The molecule has 3 nitrogen and oxygen atoms in total. The molecule has 0 fully saturated rings. The molecule has 0 rings (SSSR count). The SMILES string of the molecule is CC(C)CCC(=O)NC(C)(C)CCOC(C)C. The van der Waals surface area contributed by atoms with Crippen LogP contribution >= 0.6 is 0 Å². The number of carbonyl (C=O) groups is 1. The Morgan fingerprint density at radius 2 is 1.82 bits per heavy atom. The number of nitrogens with one attached hydrogen (secondary N) is 1. The molecule has 1 amide bonds. The van der Waals surface area contributed by atoms with E-state index in [2.05, 4.69) is 19.2 Å². The first-order chi connectivity index (χ1) is 7.73. The molecular weight excluding hydrogens is 214 g/mol. The summed E-state index contributed by atoms with van der Waals surface area (Å²) >= 11 is 0. The van der Waals surface area contributed by atoms with Crippen LogP contribution in [-0.2, 0) is 9.53 Å². The van der Waals surface area contributed by atoms with E-state index in [4.69, 9.17) is 4.74 Å². The zero-order chi connectivity index (χ0) is 13.5. The highest BCUT2D eigenvalue weighted by molar-refractivity contribution is 5.76. The Balaban J connectivity index is 3.86. The van der Waals surface area contributed by atoms with Crippen LogP contribution in [-0.4, -0.2) is 24.2 Å². The van der Waals surface area contributed by atoms with Gasteiger partial charge in [0.2, 0.25) is 5.91 Å². The minimum absolute atomic E-state index is 0.147. The highest BCUT2D eigenvalue weighted by Gasteiger charge is 2.20. The van der Waals surface area contributed by atoms with Gasteiger partial charge in [0.1, 0.15) is 0 Å². The van der Waals surface area contributed by atoms with E-state index < -0.39 is 0 Å². The van der Waals surface area contributed by atoms with E-state index in [1.807, 2.05) is 27.7 Å². The van der Waals surface area contributed by atoms with Crippen LogP contribution in [0.3, 0.4) is 0 Å². The Kier molecular flexibility index (Phi) is 7.44. The normalized spacial score (nSPS) is 12.2. The maximum absolute atomic E-state index is 11.7. The number of ether oxygens (including phenoxy) is 1. The Morgan fingerprint density at radius 3 is 2.29 bits per heavy atom. The minimum Gasteiger partial charge on any atom is -0.379 e. The molecule has 0 bridgehead atoms. The predicted octanol–water partition coefficient (Wildman–Crippen LogP) is 3.13. The van der Waals surface area contributed by atoms with E-state index in [-0.39, 0.29) is 17.6 Å². The van der Waals surface area contributed by atoms with Crippen LogP contribution in [0.25, 0.3) is 0 Å². The van der Waals surface area contributed by atoms with Crippen molar-refractivity contribution in [2.24, 2.45) is 5.92 Å². The van der Waals surface area contributed by atoms with Crippen LogP contribution in [0, 0.1) is 5.92 Å². The highest BCUT2D eigenvalue weighted by Crippen LogP contribution is 2.11. The molecule has 0 aliphatic carbocycles. The van der Waals surface area contributed by atoms with E-state index in [9.17, 15) is 4.79 Å². The lowest BCUT2D eigenvalue weighted by molar-refractivity contribution is -0.123. The van der Waals surface area contributed by atoms with Gasteiger partial charge in [-0.15, -0.1) is 0 Å². The van der Waals surface area contributed by atoms with E-state index in [0.29, 0.717) is 18.9 Å². The van der Waals surface area contributed by atoms with Gasteiger partial charge in [-0.2, -0.15) is 0 Å². The Hall–Kier alpha value is -0.570. The molecule has 17 heavy (non-hydrogen) atoms. The third-order valence-electron chi connectivity index (χ3n) is 2.60. The van der Waals surface area contributed by atoms with E-state index in [0.717, 1.165) is 12.8 Å². The predicted molar refractivity (Wildman–Crippen MR) is 72.0 cm³/mol. The maximum atomic E-state index is 11.7. The molecule has 0 radical (unpaired) electrons. The summed E-state index contributed by atoms with van der Waals surface area (Å²) in [4.78, 5) is 11.7. The van der Waals surface area contributed by atoms with Gasteiger partial charge >= 0.3 is 0 Å². The van der Waals surface area contributed by atoms with Gasteiger partial charge in [0.05, 0.1) is 6.10 Å². The fraction of sp³-hybridized carbons (Fsp3) is 0.929. The third-order valence-corrected chi connectivity index (χ3v) is 2.60. The molecule has 0 saturated heterocycles. The maximum Gasteiger partial charge on any atom is 0.220 e. The number of hydrogen-bond acceptors (Lipinski definition) is 2. The molecule has 0 aliphatic rings. The zero-order valence-electron chi connectivity index (χ0n) is 12.3. The molecule has 0 unspecified atom stereocenters. The summed E-state index contributed by atoms with van der Waals surface area (Å²) in [5.74, 6) is 0.724. The van der Waals surface area contributed by atoms with Crippen LogP contribution in [0.1, 0.15) is 60.8 Å². The second-order valence-electron chi connectivity index (χ2n) is 6.03. The Labute approximate surface area is 106 Å². The van der Waals surface area contributed by atoms with Crippen LogP contribution in [0.4, 0.5) is 0 Å². The van der Waals surface area contributed by atoms with Crippen molar-refractivity contribution >= 4 is 5.91 Å². The second kappa shape index (κ2) is 7.70. The molecule has 0 aromatic heterocycles.